The number of sulfonamides is 1. The molecule has 10 heteroatoms. The second-order valence-electron chi connectivity index (χ2n) is 11.2. The molecule has 242 valence electrons. The van der Waals surface area contributed by atoms with Gasteiger partial charge in [-0.1, -0.05) is 66.2 Å². The lowest BCUT2D eigenvalue weighted by Crippen LogP contribution is -2.53. The van der Waals surface area contributed by atoms with Crippen LogP contribution in [-0.2, 0) is 32.6 Å². The van der Waals surface area contributed by atoms with Gasteiger partial charge in [0.25, 0.3) is 10.0 Å². The van der Waals surface area contributed by atoms with Crippen molar-refractivity contribution in [1.29, 1.82) is 0 Å². The Balaban J connectivity index is 1.84. The molecule has 0 radical (unpaired) electrons. The Bertz CT molecular complexity index is 1770. The summed E-state index contributed by atoms with van der Waals surface area (Å²) in [5.74, 6) is -0.284. The van der Waals surface area contributed by atoms with E-state index in [0.29, 0.717) is 11.4 Å². The Morgan fingerprint density at radius 3 is 2.02 bits per heavy atom. The van der Waals surface area contributed by atoms with E-state index in [1.54, 1.807) is 12.1 Å². The molecule has 0 aliphatic carbocycles. The third-order valence-electron chi connectivity index (χ3n) is 7.67. The molecule has 0 unspecified atom stereocenters. The second-order valence-corrected chi connectivity index (χ2v) is 13.1. The molecule has 2 amide bonds. The van der Waals surface area contributed by atoms with E-state index < -0.39 is 28.5 Å². The van der Waals surface area contributed by atoms with Crippen LogP contribution in [0.1, 0.15) is 27.8 Å². The van der Waals surface area contributed by atoms with Crippen LogP contribution in [0.2, 0.25) is 0 Å². The maximum Gasteiger partial charge on any atom is 0.264 e. The lowest BCUT2D eigenvalue weighted by atomic mass is 10.0. The highest BCUT2D eigenvalue weighted by atomic mass is 32.2. The smallest absolute Gasteiger partial charge is 0.264 e. The topological polar surface area (TPSA) is 105 Å². The van der Waals surface area contributed by atoms with Crippen molar-refractivity contribution in [2.24, 2.45) is 0 Å². The highest BCUT2D eigenvalue weighted by Gasteiger charge is 2.35. The molecule has 4 rings (SSSR count). The lowest BCUT2D eigenvalue weighted by Gasteiger charge is -2.34. The molecule has 0 bridgehead atoms. The van der Waals surface area contributed by atoms with Gasteiger partial charge in [0, 0.05) is 26.1 Å². The standard InChI is InChI=1S/C36H41N3O6S/c1-25-11-10-14-29(18-25)23-38(32(36(41)37-4)21-28-12-8-7-9-13-28)35(40)24-39(30-19-26(2)17-27(3)20-30)46(42,43)31-15-16-33(44-5)34(22-31)45-6/h7-20,22,32H,21,23-24H2,1-6H3,(H,37,41)/t32-/m0/s1. The molecule has 0 heterocycles. The van der Waals surface area contributed by atoms with Gasteiger partial charge in [-0.25, -0.2) is 8.42 Å². The van der Waals surface area contributed by atoms with Gasteiger partial charge in [0.1, 0.15) is 12.6 Å². The van der Waals surface area contributed by atoms with E-state index in [4.69, 9.17) is 9.47 Å². The first-order valence-corrected chi connectivity index (χ1v) is 16.3. The summed E-state index contributed by atoms with van der Waals surface area (Å²) in [7, 11) is 0.104. The fourth-order valence-corrected chi connectivity index (χ4v) is 6.87. The Kier molecular flexibility index (Phi) is 11.1. The molecule has 4 aromatic rings. The minimum Gasteiger partial charge on any atom is -0.493 e. The van der Waals surface area contributed by atoms with Crippen LogP contribution in [0.3, 0.4) is 0 Å². The van der Waals surface area contributed by atoms with Gasteiger partial charge >= 0.3 is 0 Å². The highest BCUT2D eigenvalue weighted by molar-refractivity contribution is 7.92. The Morgan fingerprint density at radius 2 is 1.41 bits per heavy atom. The summed E-state index contributed by atoms with van der Waals surface area (Å²) in [6.45, 7) is 5.24. The fourth-order valence-electron chi connectivity index (χ4n) is 5.46. The van der Waals surface area contributed by atoms with Crippen molar-refractivity contribution in [3.8, 4) is 11.5 Å². The molecule has 0 saturated heterocycles. The molecule has 0 fully saturated rings. The third-order valence-corrected chi connectivity index (χ3v) is 9.44. The molecule has 4 aromatic carbocycles. The van der Waals surface area contributed by atoms with Crippen LogP contribution < -0.4 is 19.1 Å². The highest BCUT2D eigenvalue weighted by Crippen LogP contribution is 2.33. The number of amides is 2. The van der Waals surface area contributed by atoms with Crippen molar-refractivity contribution in [3.63, 3.8) is 0 Å². The van der Waals surface area contributed by atoms with Gasteiger partial charge in [0.15, 0.2) is 11.5 Å². The number of likely N-dealkylation sites (N-methyl/N-ethyl adjacent to an activating group) is 1. The Labute approximate surface area is 271 Å². The fraction of sp³-hybridized carbons (Fsp3) is 0.278. The number of anilines is 1. The summed E-state index contributed by atoms with van der Waals surface area (Å²) in [5.41, 5.74) is 4.67. The first kappa shape index (κ1) is 34.1. The van der Waals surface area contributed by atoms with E-state index in [1.165, 1.54) is 44.4 Å². The number of carbonyl (C=O) groups is 2. The molecule has 0 saturated carbocycles. The van der Waals surface area contributed by atoms with E-state index in [9.17, 15) is 18.0 Å². The molecular formula is C36H41N3O6S. The van der Waals surface area contributed by atoms with Crippen molar-refractivity contribution in [1.82, 2.24) is 10.2 Å². The minimum absolute atomic E-state index is 0.0746. The van der Waals surface area contributed by atoms with Crippen LogP contribution in [0.4, 0.5) is 5.69 Å². The number of aryl methyl sites for hydroxylation is 3. The summed E-state index contributed by atoms with van der Waals surface area (Å²) in [5, 5.41) is 2.71. The predicted octanol–water partition coefficient (Wildman–Crippen LogP) is 5.21. The zero-order valence-electron chi connectivity index (χ0n) is 27.1. The zero-order valence-corrected chi connectivity index (χ0v) is 27.9. The van der Waals surface area contributed by atoms with Crippen LogP contribution in [0.25, 0.3) is 0 Å². The van der Waals surface area contributed by atoms with Crippen LogP contribution in [-0.4, -0.2) is 59.0 Å². The van der Waals surface area contributed by atoms with Gasteiger partial charge in [-0.15, -0.1) is 0 Å². The molecule has 0 aromatic heterocycles. The van der Waals surface area contributed by atoms with E-state index >= 15 is 0 Å². The summed E-state index contributed by atoms with van der Waals surface area (Å²) in [4.78, 5) is 29.4. The number of nitrogens with one attached hydrogen (secondary N) is 1. The molecule has 9 nitrogen and oxygen atoms in total. The first-order chi connectivity index (χ1) is 22.0. The zero-order chi connectivity index (χ0) is 33.4. The van der Waals surface area contributed by atoms with Gasteiger partial charge in [0.2, 0.25) is 11.8 Å². The molecule has 0 aliphatic rings. The minimum atomic E-state index is -4.31. The summed E-state index contributed by atoms with van der Waals surface area (Å²) in [6.07, 6.45) is 0.240. The molecular weight excluding hydrogens is 602 g/mol. The van der Waals surface area contributed by atoms with Crippen molar-refractivity contribution in [2.75, 3.05) is 32.1 Å². The van der Waals surface area contributed by atoms with Crippen molar-refractivity contribution < 1.29 is 27.5 Å². The molecule has 0 aliphatic heterocycles. The summed E-state index contributed by atoms with van der Waals surface area (Å²) >= 11 is 0. The molecule has 1 N–H and O–H groups in total. The maximum absolute atomic E-state index is 14.5. The Morgan fingerprint density at radius 1 is 0.761 bits per heavy atom. The number of methoxy groups -OCH3 is 2. The largest absolute Gasteiger partial charge is 0.493 e. The van der Waals surface area contributed by atoms with Gasteiger partial charge in [0.05, 0.1) is 24.8 Å². The van der Waals surface area contributed by atoms with Gasteiger partial charge < -0.3 is 19.7 Å². The van der Waals surface area contributed by atoms with Crippen molar-refractivity contribution in [2.45, 2.75) is 44.7 Å². The number of ether oxygens (including phenoxy) is 2. The number of rotatable bonds is 13. The summed E-state index contributed by atoms with van der Waals surface area (Å²) < 4.78 is 40.6. The number of hydrogen-bond acceptors (Lipinski definition) is 6. The third kappa shape index (κ3) is 8.06. The Hall–Kier alpha value is -4.83. The first-order valence-electron chi connectivity index (χ1n) is 14.9. The number of nitrogens with zero attached hydrogens (tertiary/aromatic N) is 2. The average molecular weight is 644 g/mol. The quantitative estimate of drug-likeness (QED) is 0.215. The van der Waals surface area contributed by atoms with Crippen molar-refractivity contribution >= 4 is 27.5 Å². The van der Waals surface area contributed by atoms with E-state index in [2.05, 4.69) is 5.32 Å². The van der Waals surface area contributed by atoms with Gasteiger partial charge in [-0.3, -0.25) is 13.9 Å². The second kappa shape index (κ2) is 15.0. The van der Waals surface area contributed by atoms with Gasteiger partial charge in [-0.05, 0) is 67.3 Å². The monoisotopic (exact) mass is 643 g/mol. The van der Waals surface area contributed by atoms with Crippen LogP contribution in [0, 0.1) is 20.8 Å². The van der Waals surface area contributed by atoms with E-state index in [1.807, 2.05) is 81.4 Å². The molecule has 46 heavy (non-hydrogen) atoms. The van der Waals surface area contributed by atoms with Crippen LogP contribution in [0.15, 0.2) is 95.9 Å². The lowest BCUT2D eigenvalue weighted by molar-refractivity contribution is -0.139. The molecule has 1 atom stereocenters. The molecule has 0 spiro atoms. The average Bonchev–Trinajstić information content (AvgIpc) is 3.04. The maximum atomic E-state index is 14.5. The predicted molar refractivity (Wildman–Crippen MR) is 180 cm³/mol. The number of hydrogen-bond donors (Lipinski definition) is 1. The van der Waals surface area contributed by atoms with Crippen LogP contribution >= 0.6 is 0 Å². The van der Waals surface area contributed by atoms with Crippen LogP contribution in [0.5, 0.6) is 11.5 Å². The normalized spacial score (nSPS) is 11.8. The summed E-state index contributed by atoms with van der Waals surface area (Å²) in [6, 6.07) is 25.9. The van der Waals surface area contributed by atoms with Crippen molar-refractivity contribution in [3.05, 3.63) is 119 Å². The number of benzene rings is 4. The van der Waals surface area contributed by atoms with E-state index in [-0.39, 0.29) is 29.5 Å². The van der Waals surface area contributed by atoms with E-state index in [0.717, 1.165) is 32.1 Å². The number of carbonyl (C=O) groups excluding carboxylic acids is 2. The SMILES string of the molecule is CNC(=O)[C@H](Cc1ccccc1)N(Cc1cccc(C)c1)C(=O)CN(c1cc(C)cc(C)c1)S(=O)(=O)c1ccc(OC)c(OC)c1. The van der Waals surface area contributed by atoms with Gasteiger partial charge in [-0.2, -0.15) is 0 Å².